The van der Waals surface area contributed by atoms with Crippen LogP contribution in [0.5, 0.6) is 0 Å². The lowest BCUT2D eigenvalue weighted by Gasteiger charge is -2.13. The fourth-order valence-electron chi connectivity index (χ4n) is 3.02. The molecule has 0 aliphatic rings. The highest BCUT2D eigenvalue weighted by Gasteiger charge is 2.14. The lowest BCUT2D eigenvalue weighted by Crippen LogP contribution is -2.22. The monoisotopic (exact) mass is 435 g/mol. The average Bonchev–Trinajstić information content (AvgIpc) is 2.76. The van der Waals surface area contributed by atoms with Crippen LogP contribution in [0.25, 0.3) is 16.6 Å². The molecule has 1 N–H and O–H groups in total. The first-order valence-corrected chi connectivity index (χ1v) is 10.7. The summed E-state index contributed by atoms with van der Waals surface area (Å²) in [6.45, 7) is 0. The van der Waals surface area contributed by atoms with E-state index in [2.05, 4.69) is 10.3 Å². The van der Waals surface area contributed by atoms with Crippen molar-refractivity contribution in [3.05, 3.63) is 94.2 Å². The van der Waals surface area contributed by atoms with Crippen molar-refractivity contribution in [1.29, 1.82) is 0 Å². The molecule has 7 heteroatoms. The highest BCUT2D eigenvalue weighted by Crippen LogP contribution is 2.23. The SMILES string of the molecule is O=C(CCSc1nc2ccccc2c(=O)n1-c1ccccc1)Nc1ccccc1Cl. The number of halogens is 1. The summed E-state index contributed by atoms with van der Waals surface area (Å²) in [6, 6.07) is 23.8. The molecule has 5 nitrogen and oxygen atoms in total. The summed E-state index contributed by atoms with van der Waals surface area (Å²) in [5.41, 5.74) is 1.83. The summed E-state index contributed by atoms with van der Waals surface area (Å²) in [6.07, 6.45) is 0.257. The molecule has 0 aliphatic heterocycles. The van der Waals surface area contributed by atoms with E-state index in [-0.39, 0.29) is 17.9 Å². The van der Waals surface area contributed by atoms with E-state index in [1.807, 2.05) is 60.7 Å². The number of para-hydroxylation sites is 3. The van der Waals surface area contributed by atoms with Crippen molar-refractivity contribution in [1.82, 2.24) is 9.55 Å². The number of nitrogens with one attached hydrogen (secondary N) is 1. The molecule has 3 aromatic carbocycles. The molecule has 0 fully saturated rings. The van der Waals surface area contributed by atoms with Gasteiger partial charge in [-0.2, -0.15) is 0 Å². The Bertz CT molecular complexity index is 1260. The molecule has 0 unspecified atom stereocenters. The van der Waals surface area contributed by atoms with Gasteiger partial charge in [0.1, 0.15) is 0 Å². The minimum absolute atomic E-state index is 0.130. The lowest BCUT2D eigenvalue weighted by molar-refractivity contribution is -0.115. The maximum atomic E-state index is 13.1. The topological polar surface area (TPSA) is 64.0 Å². The van der Waals surface area contributed by atoms with Crippen molar-refractivity contribution in [3.8, 4) is 5.69 Å². The molecule has 30 heavy (non-hydrogen) atoms. The largest absolute Gasteiger partial charge is 0.325 e. The van der Waals surface area contributed by atoms with Crippen LogP contribution >= 0.6 is 23.4 Å². The van der Waals surface area contributed by atoms with E-state index >= 15 is 0 Å². The minimum atomic E-state index is -0.148. The van der Waals surface area contributed by atoms with Gasteiger partial charge < -0.3 is 5.32 Å². The number of thioether (sulfide) groups is 1. The van der Waals surface area contributed by atoms with Gasteiger partial charge in [-0.1, -0.05) is 65.8 Å². The van der Waals surface area contributed by atoms with E-state index in [9.17, 15) is 9.59 Å². The Hall–Kier alpha value is -3.09. The molecule has 0 saturated carbocycles. The summed E-state index contributed by atoms with van der Waals surface area (Å²) in [4.78, 5) is 30.1. The normalized spacial score (nSPS) is 10.8. The molecular weight excluding hydrogens is 418 g/mol. The van der Waals surface area contributed by atoms with Gasteiger partial charge in [0, 0.05) is 12.2 Å². The lowest BCUT2D eigenvalue weighted by atomic mass is 10.2. The third-order valence-corrected chi connectivity index (χ3v) is 5.74. The third kappa shape index (κ3) is 4.40. The Kier molecular flexibility index (Phi) is 6.16. The molecule has 0 atom stereocenters. The van der Waals surface area contributed by atoms with Crippen LogP contribution in [0, 0.1) is 0 Å². The van der Waals surface area contributed by atoms with Crippen LogP contribution in [0.15, 0.2) is 88.8 Å². The van der Waals surface area contributed by atoms with Gasteiger partial charge in [0.05, 0.1) is 27.3 Å². The van der Waals surface area contributed by atoms with Crippen molar-refractivity contribution in [3.63, 3.8) is 0 Å². The number of nitrogens with zero attached hydrogens (tertiary/aromatic N) is 2. The maximum Gasteiger partial charge on any atom is 0.266 e. The van der Waals surface area contributed by atoms with Crippen LogP contribution in [0.2, 0.25) is 5.02 Å². The van der Waals surface area contributed by atoms with Gasteiger partial charge in [-0.25, -0.2) is 4.98 Å². The molecule has 150 valence electrons. The Labute approximate surface area is 182 Å². The van der Waals surface area contributed by atoms with E-state index in [4.69, 9.17) is 11.6 Å². The first-order valence-electron chi connectivity index (χ1n) is 9.38. The van der Waals surface area contributed by atoms with Crippen molar-refractivity contribution in [2.45, 2.75) is 11.6 Å². The number of fused-ring (bicyclic) bond motifs is 1. The molecule has 1 amide bonds. The molecule has 1 heterocycles. The van der Waals surface area contributed by atoms with Crippen molar-refractivity contribution in [2.24, 2.45) is 0 Å². The Balaban J connectivity index is 1.57. The summed E-state index contributed by atoms with van der Waals surface area (Å²) >= 11 is 7.46. The van der Waals surface area contributed by atoms with Gasteiger partial charge in [-0.15, -0.1) is 0 Å². The minimum Gasteiger partial charge on any atom is -0.325 e. The molecule has 0 bridgehead atoms. The number of hydrogen-bond donors (Lipinski definition) is 1. The van der Waals surface area contributed by atoms with Gasteiger partial charge in [0.25, 0.3) is 5.56 Å². The first-order chi connectivity index (χ1) is 14.6. The number of hydrogen-bond acceptors (Lipinski definition) is 4. The van der Waals surface area contributed by atoms with E-state index in [0.717, 1.165) is 5.69 Å². The molecule has 1 aromatic heterocycles. The van der Waals surface area contributed by atoms with Gasteiger partial charge in [-0.05, 0) is 36.4 Å². The zero-order chi connectivity index (χ0) is 20.9. The number of benzene rings is 3. The number of amides is 1. The predicted octanol–water partition coefficient (Wildman–Crippen LogP) is 5.16. The number of carbonyl (C=O) groups is 1. The van der Waals surface area contributed by atoms with E-state index in [0.29, 0.717) is 32.5 Å². The van der Waals surface area contributed by atoms with Gasteiger partial charge in [-0.3, -0.25) is 14.2 Å². The quantitative estimate of drug-likeness (QED) is 0.335. The average molecular weight is 436 g/mol. The Morgan fingerprint density at radius 2 is 1.67 bits per heavy atom. The number of carbonyl (C=O) groups excluding carboxylic acids is 1. The van der Waals surface area contributed by atoms with Crippen LogP contribution in [0.4, 0.5) is 5.69 Å². The molecule has 0 saturated heterocycles. The number of aromatic nitrogens is 2. The summed E-state index contributed by atoms with van der Waals surface area (Å²) in [5.74, 6) is 0.318. The maximum absolute atomic E-state index is 13.1. The highest BCUT2D eigenvalue weighted by molar-refractivity contribution is 7.99. The van der Waals surface area contributed by atoms with E-state index in [1.54, 1.807) is 22.8 Å². The summed E-state index contributed by atoms with van der Waals surface area (Å²) in [7, 11) is 0. The van der Waals surface area contributed by atoms with E-state index in [1.165, 1.54) is 11.8 Å². The predicted molar refractivity (Wildman–Crippen MR) is 123 cm³/mol. The molecule has 4 rings (SSSR count). The van der Waals surface area contributed by atoms with Gasteiger partial charge >= 0.3 is 0 Å². The van der Waals surface area contributed by atoms with Crippen LogP contribution in [0.3, 0.4) is 0 Å². The highest BCUT2D eigenvalue weighted by atomic mass is 35.5. The van der Waals surface area contributed by atoms with Crippen LogP contribution < -0.4 is 10.9 Å². The van der Waals surface area contributed by atoms with Crippen LogP contribution in [-0.2, 0) is 4.79 Å². The summed E-state index contributed by atoms with van der Waals surface area (Å²) in [5, 5.41) is 4.41. The smallest absolute Gasteiger partial charge is 0.266 e. The molecular formula is C23H18ClN3O2S. The fraction of sp³-hybridized carbons (Fsp3) is 0.0870. The molecule has 0 spiro atoms. The number of anilines is 1. The van der Waals surface area contributed by atoms with Crippen LogP contribution in [-0.4, -0.2) is 21.2 Å². The van der Waals surface area contributed by atoms with Crippen molar-refractivity contribution < 1.29 is 4.79 Å². The number of rotatable bonds is 6. The zero-order valence-electron chi connectivity index (χ0n) is 15.9. The van der Waals surface area contributed by atoms with Crippen molar-refractivity contribution >= 4 is 45.9 Å². The van der Waals surface area contributed by atoms with E-state index < -0.39 is 0 Å². The second-order valence-electron chi connectivity index (χ2n) is 6.51. The standard InChI is InChI=1S/C23H18ClN3O2S/c24-18-11-5-7-13-20(18)25-21(28)14-15-30-23-26-19-12-6-4-10-17(19)22(29)27(23)16-8-2-1-3-9-16/h1-13H,14-15H2,(H,25,28). The Morgan fingerprint density at radius 3 is 2.47 bits per heavy atom. The molecule has 4 aromatic rings. The van der Waals surface area contributed by atoms with Gasteiger partial charge in [0.15, 0.2) is 5.16 Å². The Morgan fingerprint density at radius 1 is 0.967 bits per heavy atom. The van der Waals surface area contributed by atoms with Crippen LogP contribution in [0.1, 0.15) is 6.42 Å². The van der Waals surface area contributed by atoms with Crippen molar-refractivity contribution in [2.75, 3.05) is 11.1 Å². The first kappa shape index (κ1) is 20.2. The molecule has 0 radical (unpaired) electrons. The molecule has 0 aliphatic carbocycles. The summed E-state index contributed by atoms with van der Waals surface area (Å²) < 4.78 is 1.60. The second kappa shape index (κ2) is 9.15. The van der Waals surface area contributed by atoms with Gasteiger partial charge in [0.2, 0.25) is 5.91 Å². The third-order valence-electron chi connectivity index (χ3n) is 4.47. The second-order valence-corrected chi connectivity index (χ2v) is 7.98. The fourth-order valence-corrected chi connectivity index (χ4v) is 4.16. The zero-order valence-corrected chi connectivity index (χ0v) is 17.5.